The van der Waals surface area contributed by atoms with Crippen molar-refractivity contribution in [2.24, 2.45) is 0 Å². The minimum Gasteiger partial charge on any atom is -0.468 e. The number of methoxy groups -OCH3 is 1. The maximum Gasteiger partial charge on any atom is 0.319 e. The maximum atomic E-state index is 10.8. The molecule has 0 spiro atoms. The normalized spacial score (nSPS) is 13.0. The zero-order valence-corrected chi connectivity index (χ0v) is 8.06. The Balaban J connectivity index is 3.81. The number of hydrogen-bond donors (Lipinski definition) is 2. The average molecular weight is 191 g/mol. The number of hydrogen-bond acceptors (Lipinski definition) is 5. The molecule has 0 saturated heterocycles. The van der Waals surface area contributed by atoms with E-state index in [0.717, 1.165) is 0 Å². The molecular formula is C8H17NO4. The number of ether oxygens (including phenoxy) is 1. The smallest absolute Gasteiger partial charge is 0.319 e. The largest absolute Gasteiger partial charge is 0.468 e. The van der Waals surface area contributed by atoms with Crippen LogP contribution in [0.1, 0.15) is 6.92 Å². The van der Waals surface area contributed by atoms with Crippen molar-refractivity contribution in [3.05, 3.63) is 0 Å². The lowest BCUT2D eigenvalue weighted by molar-refractivity contribution is -0.142. The summed E-state index contributed by atoms with van der Waals surface area (Å²) in [6.45, 7) is 2.63. The molecule has 13 heavy (non-hydrogen) atoms. The van der Waals surface area contributed by atoms with E-state index in [4.69, 9.17) is 10.2 Å². The number of aliphatic hydroxyl groups excluding tert-OH is 2. The van der Waals surface area contributed by atoms with E-state index in [1.807, 2.05) is 6.92 Å². The molecule has 5 nitrogen and oxygen atoms in total. The first-order valence-corrected chi connectivity index (χ1v) is 4.22. The lowest BCUT2D eigenvalue weighted by atomic mass is 10.3. The quantitative estimate of drug-likeness (QED) is 0.518. The van der Waals surface area contributed by atoms with Crippen molar-refractivity contribution in [2.45, 2.75) is 13.0 Å². The van der Waals surface area contributed by atoms with Crippen LogP contribution in [0.15, 0.2) is 0 Å². The summed E-state index contributed by atoms with van der Waals surface area (Å²) in [6, 6.07) is 0. The van der Waals surface area contributed by atoms with Gasteiger partial charge in [-0.15, -0.1) is 0 Å². The van der Waals surface area contributed by atoms with Crippen molar-refractivity contribution in [3.8, 4) is 0 Å². The molecule has 0 heterocycles. The van der Waals surface area contributed by atoms with Gasteiger partial charge in [0, 0.05) is 6.54 Å². The Hall–Kier alpha value is -0.650. The molecule has 2 N–H and O–H groups in total. The third kappa shape index (κ3) is 5.57. The molecule has 0 aliphatic heterocycles. The van der Waals surface area contributed by atoms with Crippen LogP contribution in [0.3, 0.4) is 0 Å². The Morgan fingerprint density at radius 3 is 2.62 bits per heavy atom. The Bertz CT molecular complexity index is 151. The van der Waals surface area contributed by atoms with E-state index in [9.17, 15) is 4.79 Å². The minimum absolute atomic E-state index is 0.143. The first kappa shape index (κ1) is 12.3. The standard InChI is InChI=1S/C8H17NO4/c1-3-9(4-7(11)6-10)5-8(12)13-2/h7,10-11H,3-6H2,1-2H3. The van der Waals surface area contributed by atoms with E-state index in [-0.39, 0.29) is 25.7 Å². The fourth-order valence-electron chi connectivity index (χ4n) is 0.908. The van der Waals surface area contributed by atoms with Crippen LogP contribution in [0, 0.1) is 0 Å². The van der Waals surface area contributed by atoms with Crippen LogP contribution in [0.2, 0.25) is 0 Å². The highest BCUT2D eigenvalue weighted by atomic mass is 16.5. The van der Waals surface area contributed by atoms with E-state index in [1.54, 1.807) is 4.90 Å². The second kappa shape index (κ2) is 6.82. The molecular weight excluding hydrogens is 174 g/mol. The summed E-state index contributed by atoms with van der Waals surface area (Å²) in [5.74, 6) is -0.341. The molecule has 0 aromatic rings. The molecule has 0 radical (unpaired) electrons. The van der Waals surface area contributed by atoms with Crippen LogP contribution in [-0.4, -0.2) is 60.5 Å². The summed E-state index contributed by atoms with van der Waals surface area (Å²) in [6.07, 6.45) is -0.801. The molecule has 78 valence electrons. The van der Waals surface area contributed by atoms with E-state index >= 15 is 0 Å². The van der Waals surface area contributed by atoms with Gasteiger partial charge in [-0.3, -0.25) is 9.69 Å². The molecule has 1 unspecified atom stereocenters. The lowest BCUT2D eigenvalue weighted by Crippen LogP contribution is -2.37. The second-order valence-electron chi connectivity index (χ2n) is 2.74. The summed E-state index contributed by atoms with van der Waals surface area (Å²) >= 11 is 0. The number of likely N-dealkylation sites (N-methyl/N-ethyl adjacent to an activating group) is 1. The fourth-order valence-corrected chi connectivity index (χ4v) is 0.908. The zero-order chi connectivity index (χ0) is 10.3. The van der Waals surface area contributed by atoms with Gasteiger partial charge in [-0.2, -0.15) is 0 Å². The number of esters is 1. The van der Waals surface area contributed by atoms with Gasteiger partial charge in [0.05, 0.1) is 26.4 Å². The van der Waals surface area contributed by atoms with Crippen LogP contribution in [-0.2, 0) is 9.53 Å². The van der Waals surface area contributed by atoms with Gasteiger partial charge < -0.3 is 14.9 Å². The van der Waals surface area contributed by atoms with Crippen LogP contribution in [0.5, 0.6) is 0 Å². The number of aliphatic hydroxyl groups is 2. The van der Waals surface area contributed by atoms with E-state index in [0.29, 0.717) is 6.54 Å². The van der Waals surface area contributed by atoms with Gasteiger partial charge in [0.2, 0.25) is 0 Å². The first-order valence-electron chi connectivity index (χ1n) is 4.22. The molecule has 0 amide bonds. The predicted molar refractivity (Wildman–Crippen MR) is 47.2 cm³/mol. The monoisotopic (exact) mass is 191 g/mol. The molecule has 0 bridgehead atoms. The molecule has 0 fully saturated rings. The maximum absolute atomic E-state index is 10.8. The lowest BCUT2D eigenvalue weighted by Gasteiger charge is -2.20. The van der Waals surface area contributed by atoms with Crippen LogP contribution in [0.4, 0.5) is 0 Å². The van der Waals surface area contributed by atoms with Crippen molar-refractivity contribution >= 4 is 5.97 Å². The van der Waals surface area contributed by atoms with Crippen molar-refractivity contribution < 1.29 is 19.7 Å². The van der Waals surface area contributed by atoms with E-state index < -0.39 is 6.10 Å². The molecule has 5 heteroatoms. The van der Waals surface area contributed by atoms with Crippen molar-refractivity contribution in [3.63, 3.8) is 0 Å². The van der Waals surface area contributed by atoms with Gasteiger partial charge in [-0.25, -0.2) is 0 Å². The summed E-state index contributed by atoms with van der Waals surface area (Å²) in [5, 5.41) is 17.7. The third-order valence-corrected chi connectivity index (χ3v) is 1.71. The van der Waals surface area contributed by atoms with E-state index in [1.165, 1.54) is 7.11 Å². The van der Waals surface area contributed by atoms with Gasteiger partial charge in [0.25, 0.3) is 0 Å². The Morgan fingerprint density at radius 2 is 2.23 bits per heavy atom. The van der Waals surface area contributed by atoms with Crippen molar-refractivity contribution in [1.82, 2.24) is 4.90 Å². The van der Waals surface area contributed by atoms with Crippen LogP contribution in [0.25, 0.3) is 0 Å². The first-order chi connectivity index (χ1) is 6.13. The number of nitrogens with zero attached hydrogens (tertiary/aromatic N) is 1. The molecule has 0 rings (SSSR count). The van der Waals surface area contributed by atoms with Gasteiger partial charge >= 0.3 is 5.97 Å². The second-order valence-corrected chi connectivity index (χ2v) is 2.74. The zero-order valence-electron chi connectivity index (χ0n) is 8.06. The number of rotatable bonds is 6. The summed E-state index contributed by atoms with van der Waals surface area (Å²) < 4.78 is 4.47. The number of carbonyl (C=O) groups excluding carboxylic acids is 1. The molecule has 0 aliphatic rings. The van der Waals surface area contributed by atoms with Gasteiger partial charge in [0.15, 0.2) is 0 Å². The molecule has 0 aromatic heterocycles. The topological polar surface area (TPSA) is 70.0 Å². The Morgan fingerprint density at radius 1 is 1.62 bits per heavy atom. The highest BCUT2D eigenvalue weighted by Crippen LogP contribution is 1.92. The summed E-state index contributed by atoms with van der Waals surface area (Å²) in [7, 11) is 1.32. The number of carbonyl (C=O) groups is 1. The molecule has 0 aliphatic carbocycles. The minimum atomic E-state index is -0.801. The average Bonchev–Trinajstić information content (AvgIpc) is 2.16. The highest BCUT2D eigenvalue weighted by Gasteiger charge is 2.12. The van der Waals surface area contributed by atoms with Gasteiger partial charge in [-0.1, -0.05) is 6.92 Å². The van der Waals surface area contributed by atoms with Crippen LogP contribution >= 0.6 is 0 Å². The Kier molecular flexibility index (Phi) is 6.48. The summed E-state index contributed by atoms with van der Waals surface area (Å²) in [4.78, 5) is 12.5. The molecule has 1 atom stereocenters. The fraction of sp³-hybridized carbons (Fsp3) is 0.875. The van der Waals surface area contributed by atoms with Crippen molar-refractivity contribution in [2.75, 3.05) is 33.4 Å². The SMILES string of the molecule is CCN(CC(=O)OC)CC(O)CO. The predicted octanol–water partition coefficient (Wildman–Crippen LogP) is -1.17. The Labute approximate surface area is 77.9 Å². The highest BCUT2D eigenvalue weighted by molar-refractivity contribution is 5.71. The van der Waals surface area contributed by atoms with E-state index in [2.05, 4.69) is 4.74 Å². The van der Waals surface area contributed by atoms with Gasteiger partial charge in [-0.05, 0) is 6.54 Å². The summed E-state index contributed by atoms with van der Waals surface area (Å²) in [5.41, 5.74) is 0. The van der Waals surface area contributed by atoms with Crippen molar-refractivity contribution in [1.29, 1.82) is 0 Å². The molecule has 0 aromatic carbocycles. The molecule has 0 saturated carbocycles. The van der Waals surface area contributed by atoms with Gasteiger partial charge in [0.1, 0.15) is 0 Å². The van der Waals surface area contributed by atoms with Crippen LogP contribution < -0.4 is 0 Å². The third-order valence-electron chi connectivity index (χ3n) is 1.71.